The fourth-order valence-corrected chi connectivity index (χ4v) is 3.20. The van der Waals surface area contributed by atoms with Crippen LogP contribution in [-0.4, -0.2) is 46.9 Å². The van der Waals surface area contributed by atoms with Gasteiger partial charge in [-0.05, 0) is 23.3 Å². The maximum Gasteiger partial charge on any atom is 0.407 e. The molecule has 0 aliphatic rings. The molecule has 0 saturated heterocycles. The minimum Gasteiger partial charge on any atom is -0.480 e. The lowest BCUT2D eigenvalue weighted by molar-refractivity contribution is -0.142. The number of hydrogen-bond donors (Lipinski definition) is 4. The summed E-state index contributed by atoms with van der Waals surface area (Å²) in [7, 11) is 0. The number of aliphatic hydroxyl groups is 1. The number of hydrogen-bond acceptors (Lipinski definition) is 5. The van der Waals surface area contributed by atoms with Gasteiger partial charge in [-0.25, -0.2) is 9.59 Å². The molecule has 2 aromatic rings. The minimum atomic E-state index is -1.29. The van der Waals surface area contributed by atoms with Crippen LogP contribution < -0.4 is 10.6 Å². The smallest absolute Gasteiger partial charge is 0.407 e. The molecule has 0 spiro atoms. The van der Waals surface area contributed by atoms with E-state index in [9.17, 15) is 24.6 Å². The largest absolute Gasteiger partial charge is 0.480 e. The van der Waals surface area contributed by atoms with Crippen LogP contribution in [0.15, 0.2) is 48.5 Å². The van der Waals surface area contributed by atoms with Gasteiger partial charge in [-0.15, -0.1) is 0 Å². The number of aliphatic hydroxyl groups excluding tert-OH is 1. The van der Waals surface area contributed by atoms with E-state index >= 15 is 0 Å². The van der Waals surface area contributed by atoms with Gasteiger partial charge in [-0.2, -0.15) is 0 Å². The van der Waals surface area contributed by atoms with Crippen molar-refractivity contribution in [3.05, 3.63) is 69.7 Å². The van der Waals surface area contributed by atoms with Crippen LogP contribution in [0.3, 0.4) is 0 Å². The Kier molecular flexibility index (Phi) is 9.58. The van der Waals surface area contributed by atoms with E-state index < -0.39 is 36.5 Å². The molecule has 0 fully saturated rings. The number of ether oxygens (including phenoxy) is 1. The second-order valence-corrected chi connectivity index (χ2v) is 7.48. The summed E-state index contributed by atoms with van der Waals surface area (Å²) in [6, 6.07) is 12.5. The Bertz CT molecular complexity index is 890. The van der Waals surface area contributed by atoms with Crippen LogP contribution in [0.25, 0.3) is 0 Å². The fourth-order valence-electron chi connectivity index (χ4n) is 2.65. The van der Waals surface area contributed by atoms with Crippen molar-refractivity contribution in [1.29, 1.82) is 0 Å². The first-order chi connectivity index (χ1) is 14.8. The predicted octanol–water partition coefficient (Wildman–Crippen LogP) is 2.78. The SMILES string of the molecule is O=C(C[C@H](O)CNC(=O)OCc1ccccc1)N[C@H](Cc1c(Cl)cccc1Cl)C(=O)O. The Morgan fingerprint density at radius 2 is 1.65 bits per heavy atom. The van der Waals surface area contributed by atoms with Crippen molar-refractivity contribution in [3.8, 4) is 0 Å². The minimum absolute atomic E-state index is 0.0636. The molecule has 31 heavy (non-hydrogen) atoms. The van der Waals surface area contributed by atoms with Crippen LogP contribution in [0, 0.1) is 0 Å². The first-order valence-corrected chi connectivity index (χ1v) is 10.1. The van der Waals surface area contributed by atoms with Crippen LogP contribution in [-0.2, 0) is 27.4 Å². The van der Waals surface area contributed by atoms with Gasteiger partial charge in [0.25, 0.3) is 0 Å². The summed E-state index contributed by atoms with van der Waals surface area (Å²) in [5.74, 6) is -1.98. The number of rotatable bonds is 10. The molecule has 4 N–H and O–H groups in total. The van der Waals surface area contributed by atoms with Crippen LogP contribution in [0.1, 0.15) is 17.5 Å². The third-order valence-corrected chi connectivity index (χ3v) is 4.93. The average Bonchev–Trinajstić information content (AvgIpc) is 2.73. The van der Waals surface area contributed by atoms with Gasteiger partial charge >= 0.3 is 12.1 Å². The molecule has 0 saturated carbocycles. The van der Waals surface area contributed by atoms with E-state index in [0.29, 0.717) is 5.56 Å². The second-order valence-electron chi connectivity index (χ2n) is 6.66. The molecule has 0 heterocycles. The highest BCUT2D eigenvalue weighted by Gasteiger charge is 2.24. The Balaban J connectivity index is 1.78. The summed E-state index contributed by atoms with van der Waals surface area (Å²) in [5.41, 5.74) is 1.19. The second kappa shape index (κ2) is 12.1. The van der Waals surface area contributed by atoms with Crippen molar-refractivity contribution in [2.75, 3.05) is 6.54 Å². The quantitative estimate of drug-likeness (QED) is 0.424. The molecule has 0 radical (unpaired) electrons. The first-order valence-electron chi connectivity index (χ1n) is 9.34. The van der Waals surface area contributed by atoms with Crippen LogP contribution in [0.4, 0.5) is 4.79 Å². The van der Waals surface area contributed by atoms with E-state index in [4.69, 9.17) is 27.9 Å². The molecule has 166 valence electrons. The maximum absolute atomic E-state index is 12.1. The van der Waals surface area contributed by atoms with E-state index in [1.54, 1.807) is 30.3 Å². The number of halogens is 2. The average molecular weight is 469 g/mol. The summed E-state index contributed by atoms with van der Waals surface area (Å²) in [6.07, 6.45) is -2.53. The van der Waals surface area contributed by atoms with Crippen LogP contribution in [0.5, 0.6) is 0 Å². The van der Waals surface area contributed by atoms with Crippen LogP contribution >= 0.6 is 23.2 Å². The lowest BCUT2D eigenvalue weighted by atomic mass is 10.1. The summed E-state index contributed by atoms with van der Waals surface area (Å²) in [4.78, 5) is 35.3. The van der Waals surface area contributed by atoms with Crippen molar-refractivity contribution in [1.82, 2.24) is 10.6 Å². The number of carbonyl (C=O) groups is 3. The van der Waals surface area contributed by atoms with Gasteiger partial charge in [-0.1, -0.05) is 59.6 Å². The highest BCUT2D eigenvalue weighted by Crippen LogP contribution is 2.25. The highest BCUT2D eigenvalue weighted by atomic mass is 35.5. The molecule has 2 amide bonds. The van der Waals surface area contributed by atoms with Crippen molar-refractivity contribution < 1.29 is 29.3 Å². The zero-order valence-electron chi connectivity index (χ0n) is 16.4. The van der Waals surface area contributed by atoms with E-state index in [-0.39, 0.29) is 29.6 Å². The lowest BCUT2D eigenvalue weighted by Gasteiger charge is -2.18. The topological polar surface area (TPSA) is 125 Å². The molecule has 0 aliphatic heterocycles. The van der Waals surface area contributed by atoms with Crippen molar-refractivity contribution >= 4 is 41.2 Å². The molecule has 0 aromatic heterocycles. The number of aliphatic carboxylic acids is 1. The Hall–Kier alpha value is -2.81. The molecule has 10 heteroatoms. The van der Waals surface area contributed by atoms with E-state index in [1.807, 2.05) is 18.2 Å². The molecule has 8 nitrogen and oxygen atoms in total. The summed E-state index contributed by atoms with van der Waals surface area (Å²) >= 11 is 12.1. The fraction of sp³-hybridized carbons (Fsp3) is 0.286. The van der Waals surface area contributed by atoms with Crippen molar-refractivity contribution in [2.24, 2.45) is 0 Å². The molecule has 0 unspecified atom stereocenters. The number of nitrogens with one attached hydrogen (secondary N) is 2. The predicted molar refractivity (Wildman–Crippen MR) is 115 cm³/mol. The number of alkyl carbamates (subject to hydrolysis) is 1. The van der Waals surface area contributed by atoms with Gasteiger partial charge in [0.2, 0.25) is 5.91 Å². The monoisotopic (exact) mass is 468 g/mol. The Morgan fingerprint density at radius 1 is 1.00 bits per heavy atom. The molecule has 2 rings (SSSR count). The lowest BCUT2D eigenvalue weighted by Crippen LogP contribution is -2.44. The van der Waals surface area contributed by atoms with Gasteiger partial charge in [0.1, 0.15) is 12.6 Å². The van der Waals surface area contributed by atoms with Gasteiger partial charge in [0, 0.05) is 23.0 Å². The van der Waals surface area contributed by atoms with Crippen molar-refractivity contribution in [2.45, 2.75) is 31.6 Å². The Labute approximate surface area is 189 Å². The van der Waals surface area contributed by atoms with Gasteiger partial charge in [0.05, 0.1) is 12.5 Å². The van der Waals surface area contributed by atoms with Crippen LogP contribution in [0.2, 0.25) is 10.0 Å². The van der Waals surface area contributed by atoms with Gasteiger partial charge < -0.3 is 25.6 Å². The van der Waals surface area contributed by atoms with E-state index in [2.05, 4.69) is 10.6 Å². The first kappa shape index (κ1) is 24.5. The van der Waals surface area contributed by atoms with Gasteiger partial charge in [0.15, 0.2) is 0 Å². The number of carbonyl (C=O) groups excluding carboxylic acids is 2. The third-order valence-electron chi connectivity index (χ3n) is 4.22. The van der Waals surface area contributed by atoms with E-state index in [1.165, 1.54) is 0 Å². The summed E-state index contributed by atoms with van der Waals surface area (Å²) in [6.45, 7) is -0.177. The van der Waals surface area contributed by atoms with Crippen molar-refractivity contribution in [3.63, 3.8) is 0 Å². The molecule has 0 bridgehead atoms. The third kappa shape index (κ3) is 8.45. The molecule has 0 aliphatic carbocycles. The maximum atomic E-state index is 12.1. The van der Waals surface area contributed by atoms with Gasteiger partial charge in [-0.3, -0.25) is 4.79 Å². The molecule has 2 atom stereocenters. The Morgan fingerprint density at radius 3 is 2.26 bits per heavy atom. The van der Waals surface area contributed by atoms with E-state index in [0.717, 1.165) is 5.56 Å². The standard InChI is InChI=1S/C21H22Cl2N2O6/c22-16-7-4-8-17(23)15(16)10-18(20(28)29)25-19(27)9-14(26)11-24-21(30)31-12-13-5-2-1-3-6-13/h1-8,14,18,26H,9-12H2,(H,24,30)(H,25,27)(H,28,29)/t14-,18+/m0/s1. The molecular weight excluding hydrogens is 447 g/mol. The highest BCUT2D eigenvalue weighted by molar-refractivity contribution is 6.36. The number of carboxylic acid groups (broad SMARTS) is 1. The number of amides is 2. The normalized spacial score (nSPS) is 12.5. The summed E-state index contributed by atoms with van der Waals surface area (Å²) in [5, 5.41) is 24.6. The number of benzene rings is 2. The zero-order valence-corrected chi connectivity index (χ0v) is 17.9. The zero-order chi connectivity index (χ0) is 22.8. The summed E-state index contributed by atoms with van der Waals surface area (Å²) < 4.78 is 5.00. The number of carboxylic acids is 1. The molecule has 2 aromatic carbocycles. The molecular formula is C21H22Cl2N2O6.